The molecule has 2 amide bonds. The van der Waals surface area contributed by atoms with Gasteiger partial charge in [0.25, 0.3) is 0 Å². The van der Waals surface area contributed by atoms with Crippen molar-refractivity contribution in [2.24, 2.45) is 5.92 Å². The summed E-state index contributed by atoms with van der Waals surface area (Å²) in [6.07, 6.45) is 2.60. The average molecular weight is 350 g/mol. The zero-order valence-electron chi connectivity index (χ0n) is 13.7. The number of nitrogens with one attached hydrogen (secondary N) is 2. The summed E-state index contributed by atoms with van der Waals surface area (Å²) in [6, 6.07) is 6.36. The van der Waals surface area contributed by atoms with Gasteiger partial charge in [-0.3, -0.25) is 9.59 Å². The lowest BCUT2D eigenvalue weighted by Crippen LogP contribution is -2.44. The molecule has 1 aliphatic rings. The van der Waals surface area contributed by atoms with Crippen molar-refractivity contribution in [1.82, 2.24) is 5.32 Å². The number of thioether (sulfide) groups is 1. The third-order valence-corrected chi connectivity index (χ3v) is 4.85. The van der Waals surface area contributed by atoms with Gasteiger partial charge in [-0.15, -0.1) is 11.8 Å². The summed E-state index contributed by atoms with van der Waals surface area (Å²) in [5.41, 5.74) is 0.694. The highest BCUT2D eigenvalue weighted by atomic mass is 32.2. The van der Waals surface area contributed by atoms with Crippen LogP contribution in [0.2, 0.25) is 0 Å². The first-order valence-electron chi connectivity index (χ1n) is 7.92. The van der Waals surface area contributed by atoms with Crippen LogP contribution in [0.1, 0.15) is 33.1 Å². The van der Waals surface area contributed by atoms with Gasteiger partial charge in [0.1, 0.15) is 6.04 Å². The molecule has 1 aromatic carbocycles. The van der Waals surface area contributed by atoms with Gasteiger partial charge < -0.3 is 15.7 Å². The van der Waals surface area contributed by atoms with Crippen LogP contribution in [-0.2, 0) is 14.4 Å². The molecule has 24 heavy (non-hydrogen) atoms. The first-order valence-corrected chi connectivity index (χ1v) is 8.80. The molecule has 1 saturated carbocycles. The molecule has 0 aromatic heterocycles. The van der Waals surface area contributed by atoms with Gasteiger partial charge in [0, 0.05) is 17.5 Å². The van der Waals surface area contributed by atoms with E-state index in [-0.39, 0.29) is 11.8 Å². The Balaban J connectivity index is 1.87. The van der Waals surface area contributed by atoms with Crippen molar-refractivity contribution >= 4 is 35.2 Å². The largest absolute Gasteiger partial charge is 0.480 e. The Hall–Kier alpha value is -2.02. The summed E-state index contributed by atoms with van der Waals surface area (Å²) >= 11 is 1.35. The zero-order chi connectivity index (χ0) is 17.7. The molecule has 1 fully saturated rings. The van der Waals surface area contributed by atoms with Crippen LogP contribution in [-0.4, -0.2) is 34.2 Å². The number of anilines is 1. The number of carbonyl (C=O) groups is 3. The lowest BCUT2D eigenvalue weighted by molar-refractivity contribution is -0.142. The number of hydrogen-bond acceptors (Lipinski definition) is 4. The van der Waals surface area contributed by atoms with Gasteiger partial charge >= 0.3 is 5.97 Å². The molecule has 0 saturated heterocycles. The van der Waals surface area contributed by atoms with Crippen LogP contribution in [0, 0.1) is 5.92 Å². The van der Waals surface area contributed by atoms with Gasteiger partial charge in [0.2, 0.25) is 11.8 Å². The fraction of sp³-hybridized carbons (Fsp3) is 0.471. The first kappa shape index (κ1) is 18.3. The molecule has 3 N–H and O–H groups in total. The molecular formula is C17H22N2O4S. The van der Waals surface area contributed by atoms with Crippen molar-refractivity contribution in [3.8, 4) is 0 Å². The molecule has 0 aliphatic heterocycles. The van der Waals surface area contributed by atoms with Crippen molar-refractivity contribution in [2.75, 3.05) is 5.32 Å². The van der Waals surface area contributed by atoms with Gasteiger partial charge in [0.05, 0.1) is 5.25 Å². The number of benzene rings is 1. The van der Waals surface area contributed by atoms with E-state index in [4.69, 9.17) is 0 Å². The molecule has 0 bridgehead atoms. The Morgan fingerprint density at radius 2 is 1.88 bits per heavy atom. The lowest BCUT2D eigenvalue weighted by Gasteiger charge is -2.17. The second-order valence-corrected chi connectivity index (χ2v) is 7.46. The van der Waals surface area contributed by atoms with E-state index in [1.165, 1.54) is 18.7 Å². The molecule has 1 aliphatic carbocycles. The Kier molecular flexibility index (Phi) is 6.25. The summed E-state index contributed by atoms with van der Waals surface area (Å²) < 4.78 is 0. The van der Waals surface area contributed by atoms with E-state index in [2.05, 4.69) is 10.6 Å². The molecule has 2 atom stereocenters. The molecule has 130 valence electrons. The Morgan fingerprint density at radius 1 is 1.25 bits per heavy atom. The smallest absolute Gasteiger partial charge is 0.326 e. The van der Waals surface area contributed by atoms with Crippen LogP contribution < -0.4 is 10.6 Å². The summed E-state index contributed by atoms with van der Waals surface area (Å²) in [5, 5.41) is 14.1. The molecule has 0 radical (unpaired) electrons. The van der Waals surface area contributed by atoms with Crippen LogP contribution >= 0.6 is 11.8 Å². The average Bonchev–Trinajstić information content (AvgIpc) is 3.31. The number of carboxylic acid groups (broad SMARTS) is 1. The van der Waals surface area contributed by atoms with E-state index < -0.39 is 17.3 Å². The molecule has 2 unspecified atom stereocenters. The molecule has 0 spiro atoms. The van der Waals surface area contributed by atoms with E-state index >= 15 is 0 Å². The predicted octanol–water partition coefficient (Wildman–Crippen LogP) is 2.50. The molecule has 1 aromatic rings. The van der Waals surface area contributed by atoms with Crippen molar-refractivity contribution in [1.29, 1.82) is 0 Å². The minimum Gasteiger partial charge on any atom is -0.480 e. The maximum atomic E-state index is 12.2. The Labute approximate surface area is 145 Å². The predicted molar refractivity (Wildman–Crippen MR) is 93.0 cm³/mol. The quantitative estimate of drug-likeness (QED) is 0.626. The Morgan fingerprint density at radius 3 is 2.38 bits per heavy atom. The highest BCUT2D eigenvalue weighted by Crippen LogP contribution is 2.33. The highest BCUT2D eigenvalue weighted by Gasteiger charge is 2.31. The van der Waals surface area contributed by atoms with Crippen LogP contribution in [0.3, 0.4) is 0 Å². The van der Waals surface area contributed by atoms with Crippen molar-refractivity contribution < 1.29 is 19.5 Å². The summed E-state index contributed by atoms with van der Waals surface area (Å²) in [7, 11) is 0. The molecular weight excluding hydrogens is 328 g/mol. The minimum atomic E-state index is -0.980. The SMILES string of the molecule is CC(=O)Nc1ccc(SC(C)C(=O)NC(CC2CC2)C(=O)O)cc1. The second-order valence-electron chi connectivity index (χ2n) is 6.04. The van der Waals surface area contributed by atoms with Crippen molar-refractivity contribution in [2.45, 2.75) is 49.3 Å². The van der Waals surface area contributed by atoms with Crippen LogP contribution in [0.15, 0.2) is 29.2 Å². The first-order chi connectivity index (χ1) is 11.3. The lowest BCUT2D eigenvalue weighted by atomic mass is 10.1. The third-order valence-electron chi connectivity index (χ3n) is 3.74. The normalized spacial score (nSPS) is 16.1. The molecule has 6 nitrogen and oxygen atoms in total. The number of rotatable bonds is 8. The number of amides is 2. The number of carboxylic acids is 1. The van der Waals surface area contributed by atoms with Gasteiger partial charge in [-0.05, 0) is 43.5 Å². The standard InChI is InChI=1S/C17H22N2O4S/c1-10(16(21)19-15(17(22)23)9-12-3-4-12)24-14-7-5-13(6-8-14)18-11(2)20/h5-8,10,12,15H,3-4,9H2,1-2H3,(H,18,20)(H,19,21)(H,22,23). The summed E-state index contributed by atoms with van der Waals surface area (Å²) in [4.78, 5) is 35.3. The monoisotopic (exact) mass is 350 g/mol. The van der Waals surface area contributed by atoms with E-state index in [9.17, 15) is 19.5 Å². The van der Waals surface area contributed by atoms with Gasteiger partial charge in [-0.1, -0.05) is 12.8 Å². The third kappa shape index (κ3) is 5.88. The van der Waals surface area contributed by atoms with Crippen molar-refractivity contribution in [3.05, 3.63) is 24.3 Å². The van der Waals surface area contributed by atoms with E-state index in [1.54, 1.807) is 19.1 Å². The van der Waals surface area contributed by atoms with E-state index in [0.29, 0.717) is 18.0 Å². The van der Waals surface area contributed by atoms with E-state index in [1.807, 2.05) is 12.1 Å². The Bertz CT molecular complexity index is 614. The van der Waals surface area contributed by atoms with Gasteiger partial charge in [-0.25, -0.2) is 4.79 Å². The second kappa shape index (κ2) is 8.19. The summed E-state index contributed by atoms with van der Waals surface area (Å²) in [6.45, 7) is 3.19. The number of hydrogen-bond donors (Lipinski definition) is 3. The maximum absolute atomic E-state index is 12.2. The van der Waals surface area contributed by atoms with Gasteiger partial charge in [0.15, 0.2) is 0 Å². The topological polar surface area (TPSA) is 95.5 Å². The maximum Gasteiger partial charge on any atom is 0.326 e. The highest BCUT2D eigenvalue weighted by molar-refractivity contribution is 8.00. The van der Waals surface area contributed by atoms with Gasteiger partial charge in [-0.2, -0.15) is 0 Å². The number of carbonyl (C=O) groups excluding carboxylic acids is 2. The van der Waals surface area contributed by atoms with Crippen LogP contribution in [0.25, 0.3) is 0 Å². The fourth-order valence-electron chi connectivity index (χ4n) is 2.28. The number of aliphatic carboxylic acids is 1. The zero-order valence-corrected chi connectivity index (χ0v) is 14.6. The molecule has 2 rings (SSSR count). The molecule has 7 heteroatoms. The minimum absolute atomic E-state index is 0.140. The molecule has 0 heterocycles. The fourth-order valence-corrected chi connectivity index (χ4v) is 3.15. The van der Waals surface area contributed by atoms with E-state index in [0.717, 1.165) is 17.7 Å². The van der Waals surface area contributed by atoms with Crippen LogP contribution in [0.4, 0.5) is 5.69 Å². The van der Waals surface area contributed by atoms with Crippen molar-refractivity contribution in [3.63, 3.8) is 0 Å². The summed E-state index contributed by atoms with van der Waals surface area (Å²) in [5.74, 6) is -0.972. The van der Waals surface area contributed by atoms with Crippen LogP contribution in [0.5, 0.6) is 0 Å².